The Kier molecular flexibility index (Phi) is 6.84. The van der Waals surface area contributed by atoms with E-state index >= 15 is 0 Å². The Morgan fingerprint density at radius 2 is 1.64 bits per heavy atom. The number of quaternary nitrogens is 1. The van der Waals surface area contributed by atoms with Gasteiger partial charge in [0.15, 0.2) is 13.1 Å². The van der Waals surface area contributed by atoms with Crippen LogP contribution in [0.2, 0.25) is 5.02 Å². The number of carbonyl (C=O) groups excluding carboxylic acids is 2. The summed E-state index contributed by atoms with van der Waals surface area (Å²) in [6.07, 6.45) is 0. The third-order valence-electron chi connectivity index (χ3n) is 2.96. The van der Waals surface area contributed by atoms with E-state index in [9.17, 15) is 9.59 Å². The molecule has 1 unspecified atom stereocenters. The van der Waals surface area contributed by atoms with Crippen LogP contribution in [-0.2, 0) is 9.59 Å². The summed E-state index contributed by atoms with van der Waals surface area (Å²) in [7, 11) is 0. The van der Waals surface area contributed by atoms with E-state index in [1.165, 1.54) is 0 Å². The minimum atomic E-state index is -0.262. The summed E-state index contributed by atoms with van der Waals surface area (Å²) in [6.45, 7) is 8.98. The van der Waals surface area contributed by atoms with E-state index in [1.54, 1.807) is 24.3 Å². The number of rotatable bonds is 6. The molecule has 1 rings (SSSR count). The zero-order valence-corrected chi connectivity index (χ0v) is 14.4. The predicted octanol–water partition coefficient (Wildman–Crippen LogP) is 1.10. The highest BCUT2D eigenvalue weighted by Crippen LogP contribution is 2.12. The summed E-state index contributed by atoms with van der Waals surface area (Å²) in [5, 5.41) is 6.34. The normalized spacial score (nSPS) is 12.6. The molecule has 0 spiro atoms. The zero-order valence-electron chi connectivity index (χ0n) is 13.6. The Hall–Kier alpha value is -1.59. The van der Waals surface area contributed by atoms with Gasteiger partial charge in [0.25, 0.3) is 11.8 Å². The lowest BCUT2D eigenvalue weighted by Gasteiger charge is -2.23. The van der Waals surface area contributed by atoms with E-state index in [0.29, 0.717) is 17.3 Å². The number of nitrogens with one attached hydrogen (secondary N) is 3. The molecule has 0 fully saturated rings. The molecule has 5 nitrogen and oxygen atoms in total. The van der Waals surface area contributed by atoms with Crippen molar-refractivity contribution < 1.29 is 14.5 Å². The van der Waals surface area contributed by atoms with Crippen molar-refractivity contribution in [2.24, 2.45) is 0 Å². The van der Waals surface area contributed by atoms with Crippen LogP contribution >= 0.6 is 11.6 Å². The maximum absolute atomic E-state index is 12.0. The van der Waals surface area contributed by atoms with Gasteiger partial charge >= 0.3 is 0 Å². The lowest BCUT2D eigenvalue weighted by Crippen LogP contribution is -3.14. The van der Waals surface area contributed by atoms with Gasteiger partial charge in [-0.2, -0.15) is 0 Å². The lowest BCUT2D eigenvalue weighted by atomic mass is 10.1. The van der Waals surface area contributed by atoms with Crippen LogP contribution in [0.3, 0.4) is 0 Å². The number of anilines is 1. The van der Waals surface area contributed by atoms with Crippen LogP contribution in [0.15, 0.2) is 24.3 Å². The van der Waals surface area contributed by atoms with Gasteiger partial charge < -0.3 is 15.5 Å². The molecule has 1 atom stereocenters. The molecule has 0 radical (unpaired) electrons. The number of likely N-dealkylation sites (N-methyl/N-ethyl adjacent to an activating group) is 1. The summed E-state index contributed by atoms with van der Waals surface area (Å²) in [6, 6.07) is 6.94. The average Bonchev–Trinajstić information content (AvgIpc) is 2.38. The number of amides is 2. The molecule has 6 heteroatoms. The molecule has 0 aromatic heterocycles. The largest absolute Gasteiger partial charge is 0.347 e. The molecule has 2 amide bonds. The second-order valence-electron chi connectivity index (χ2n) is 6.31. The second kappa shape index (κ2) is 8.15. The van der Waals surface area contributed by atoms with Gasteiger partial charge in [-0.15, -0.1) is 0 Å². The minimum Gasteiger partial charge on any atom is -0.347 e. The standard InChI is InChI=1S/C16H24ClN3O2/c1-5-20(11-15(22)19-16(2,3)4)10-14(21)18-13-8-6-12(17)7-9-13/h6-9H,5,10-11H2,1-4H3,(H,18,21)(H,19,22)/p+1. The Balaban J connectivity index is 2.49. The molecular weight excluding hydrogens is 302 g/mol. The molecule has 0 aliphatic heterocycles. The summed E-state index contributed by atoms with van der Waals surface area (Å²) in [4.78, 5) is 24.9. The van der Waals surface area contributed by atoms with Crippen LogP contribution in [0.1, 0.15) is 27.7 Å². The van der Waals surface area contributed by atoms with E-state index in [1.807, 2.05) is 27.7 Å². The summed E-state index contributed by atoms with van der Waals surface area (Å²) in [5.41, 5.74) is 0.436. The minimum absolute atomic E-state index is 0.0522. The highest BCUT2D eigenvalue weighted by molar-refractivity contribution is 6.30. The first-order valence-electron chi connectivity index (χ1n) is 7.39. The Morgan fingerprint density at radius 1 is 1.09 bits per heavy atom. The number of hydrogen-bond donors (Lipinski definition) is 3. The lowest BCUT2D eigenvalue weighted by molar-refractivity contribution is -0.881. The topological polar surface area (TPSA) is 62.6 Å². The van der Waals surface area contributed by atoms with E-state index in [2.05, 4.69) is 10.6 Å². The van der Waals surface area contributed by atoms with Gasteiger partial charge in [0.1, 0.15) is 0 Å². The Labute approximate surface area is 137 Å². The zero-order chi connectivity index (χ0) is 16.8. The first kappa shape index (κ1) is 18.5. The molecule has 0 aliphatic carbocycles. The number of hydrogen-bond acceptors (Lipinski definition) is 2. The number of carbonyl (C=O) groups is 2. The maximum Gasteiger partial charge on any atom is 0.279 e. The molecule has 0 bridgehead atoms. The van der Waals surface area contributed by atoms with Crippen molar-refractivity contribution in [3.8, 4) is 0 Å². The van der Waals surface area contributed by atoms with E-state index in [0.717, 1.165) is 4.90 Å². The van der Waals surface area contributed by atoms with Crippen molar-refractivity contribution in [1.82, 2.24) is 5.32 Å². The van der Waals surface area contributed by atoms with Crippen molar-refractivity contribution in [2.75, 3.05) is 25.0 Å². The van der Waals surface area contributed by atoms with Gasteiger partial charge in [0.05, 0.1) is 6.54 Å². The SMILES string of the molecule is CC[NH+](CC(=O)Nc1ccc(Cl)cc1)CC(=O)NC(C)(C)C. The van der Waals surface area contributed by atoms with E-state index in [4.69, 9.17) is 11.6 Å². The molecule has 0 saturated heterocycles. The fraction of sp³-hybridized carbons (Fsp3) is 0.500. The smallest absolute Gasteiger partial charge is 0.279 e. The molecule has 1 aromatic rings. The average molecular weight is 327 g/mol. The predicted molar refractivity (Wildman–Crippen MR) is 89.2 cm³/mol. The van der Waals surface area contributed by atoms with Gasteiger partial charge in [0.2, 0.25) is 0 Å². The van der Waals surface area contributed by atoms with Gasteiger partial charge in [-0.3, -0.25) is 9.59 Å². The summed E-state index contributed by atoms with van der Waals surface area (Å²) < 4.78 is 0. The molecule has 3 N–H and O–H groups in total. The first-order valence-corrected chi connectivity index (χ1v) is 7.77. The van der Waals surface area contributed by atoms with Gasteiger partial charge in [-0.25, -0.2) is 0 Å². The van der Waals surface area contributed by atoms with Crippen molar-refractivity contribution in [2.45, 2.75) is 33.2 Å². The molecule has 0 aliphatic rings. The quantitative estimate of drug-likeness (QED) is 0.733. The highest BCUT2D eigenvalue weighted by atomic mass is 35.5. The van der Waals surface area contributed by atoms with Crippen LogP contribution in [-0.4, -0.2) is 37.0 Å². The van der Waals surface area contributed by atoms with Crippen molar-refractivity contribution >= 4 is 29.1 Å². The monoisotopic (exact) mass is 326 g/mol. The van der Waals surface area contributed by atoms with Crippen LogP contribution < -0.4 is 15.5 Å². The molecule has 1 aromatic carbocycles. The van der Waals surface area contributed by atoms with E-state index < -0.39 is 0 Å². The maximum atomic E-state index is 12.0. The molecule has 122 valence electrons. The van der Waals surface area contributed by atoms with Gasteiger partial charge in [-0.1, -0.05) is 11.6 Å². The Bertz CT molecular complexity index is 509. The van der Waals surface area contributed by atoms with Gasteiger partial charge in [0, 0.05) is 16.2 Å². The Morgan fingerprint density at radius 3 is 2.14 bits per heavy atom. The van der Waals surface area contributed by atoms with Gasteiger partial charge in [-0.05, 0) is 52.0 Å². The highest BCUT2D eigenvalue weighted by Gasteiger charge is 2.20. The molecule has 0 heterocycles. The molecule has 22 heavy (non-hydrogen) atoms. The number of benzene rings is 1. The van der Waals surface area contributed by atoms with Crippen molar-refractivity contribution in [3.63, 3.8) is 0 Å². The fourth-order valence-corrected chi connectivity index (χ4v) is 2.09. The van der Waals surface area contributed by atoms with Crippen molar-refractivity contribution in [1.29, 1.82) is 0 Å². The fourth-order valence-electron chi connectivity index (χ4n) is 1.97. The second-order valence-corrected chi connectivity index (χ2v) is 6.75. The number of halogens is 1. The third-order valence-corrected chi connectivity index (χ3v) is 3.22. The third kappa shape index (κ3) is 7.43. The van der Waals surface area contributed by atoms with Crippen LogP contribution in [0.25, 0.3) is 0 Å². The van der Waals surface area contributed by atoms with Crippen LogP contribution in [0, 0.1) is 0 Å². The van der Waals surface area contributed by atoms with Crippen LogP contribution in [0.4, 0.5) is 5.69 Å². The van der Waals surface area contributed by atoms with Crippen LogP contribution in [0.5, 0.6) is 0 Å². The molecule has 0 saturated carbocycles. The first-order chi connectivity index (χ1) is 10.2. The molecular formula is C16H25ClN3O2+. The summed E-state index contributed by atoms with van der Waals surface area (Å²) in [5.74, 6) is -0.175. The van der Waals surface area contributed by atoms with Crippen molar-refractivity contribution in [3.05, 3.63) is 29.3 Å². The summed E-state index contributed by atoms with van der Waals surface area (Å²) >= 11 is 5.80. The van der Waals surface area contributed by atoms with E-state index in [-0.39, 0.29) is 30.4 Å².